The minimum Gasteiger partial charge on any atom is -0.330 e. The van der Waals surface area contributed by atoms with E-state index in [1.54, 1.807) is 0 Å². The Labute approximate surface area is 88.6 Å². The van der Waals surface area contributed by atoms with E-state index < -0.39 is 12.2 Å². The third-order valence-electron chi connectivity index (χ3n) is 2.97. The highest BCUT2D eigenvalue weighted by Crippen LogP contribution is 2.35. The third-order valence-corrected chi connectivity index (χ3v) is 2.97. The van der Waals surface area contributed by atoms with Crippen LogP contribution in [0.1, 0.15) is 26.7 Å². The molecule has 0 aliphatic carbocycles. The molecule has 2 nitrogen and oxygen atoms in total. The Balaban J connectivity index is 2.66. The summed E-state index contributed by atoms with van der Waals surface area (Å²) < 4.78 is 38.1. The van der Waals surface area contributed by atoms with Crippen molar-refractivity contribution in [1.82, 2.24) is 4.90 Å². The van der Waals surface area contributed by atoms with Crippen molar-refractivity contribution in [3.8, 4) is 0 Å². The average Bonchev–Trinajstić information content (AvgIpc) is 2.39. The lowest BCUT2D eigenvalue weighted by molar-refractivity contribution is -0.183. The van der Waals surface area contributed by atoms with E-state index in [4.69, 9.17) is 5.73 Å². The number of nitrogens with zero attached hydrogens (tertiary/aromatic N) is 1. The Morgan fingerprint density at radius 3 is 2.33 bits per heavy atom. The van der Waals surface area contributed by atoms with Gasteiger partial charge in [-0.1, -0.05) is 13.8 Å². The Morgan fingerprint density at radius 2 is 2.00 bits per heavy atom. The summed E-state index contributed by atoms with van der Waals surface area (Å²) in [4.78, 5) is 1.52. The van der Waals surface area contributed by atoms with Crippen molar-refractivity contribution in [1.29, 1.82) is 0 Å². The van der Waals surface area contributed by atoms with Crippen molar-refractivity contribution in [2.45, 2.75) is 38.9 Å². The van der Waals surface area contributed by atoms with Crippen molar-refractivity contribution in [2.75, 3.05) is 19.6 Å². The van der Waals surface area contributed by atoms with E-state index in [-0.39, 0.29) is 18.4 Å². The molecule has 1 fully saturated rings. The van der Waals surface area contributed by atoms with Gasteiger partial charge in [-0.3, -0.25) is 4.90 Å². The van der Waals surface area contributed by atoms with Crippen LogP contribution in [-0.4, -0.2) is 36.8 Å². The highest BCUT2D eigenvalue weighted by molar-refractivity contribution is 4.89. The maximum absolute atomic E-state index is 12.7. The molecular weight excluding hydrogens is 205 g/mol. The van der Waals surface area contributed by atoms with Crippen LogP contribution in [0.4, 0.5) is 13.2 Å². The topological polar surface area (TPSA) is 29.3 Å². The van der Waals surface area contributed by atoms with Crippen LogP contribution in [0.5, 0.6) is 0 Å². The minimum atomic E-state index is -4.15. The number of hydrogen-bond acceptors (Lipinski definition) is 2. The number of likely N-dealkylation sites (tertiary alicyclic amines) is 1. The van der Waals surface area contributed by atoms with E-state index >= 15 is 0 Å². The number of rotatable bonds is 3. The molecular formula is C10H19F3N2. The Hall–Kier alpha value is -0.290. The molecule has 0 bridgehead atoms. The lowest BCUT2D eigenvalue weighted by atomic mass is 9.93. The van der Waals surface area contributed by atoms with E-state index in [0.717, 1.165) is 6.42 Å². The predicted molar refractivity (Wildman–Crippen MR) is 53.5 cm³/mol. The summed E-state index contributed by atoms with van der Waals surface area (Å²) in [5.41, 5.74) is 5.23. The second-order valence-corrected chi connectivity index (χ2v) is 5.02. The van der Waals surface area contributed by atoms with Gasteiger partial charge in [-0.2, -0.15) is 13.2 Å². The van der Waals surface area contributed by atoms with Gasteiger partial charge in [0.25, 0.3) is 0 Å². The molecule has 0 spiro atoms. The lowest BCUT2D eigenvalue weighted by Gasteiger charge is -2.30. The fourth-order valence-corrected chi connectivity index (χ4v) is 2.13. The fourth-order valence-electron chi connectivity index (χ4n) is 2.13. The van der Waals surface area contributed by atoms with E-state index in [1.165, 1.54) is 4.90 Å². The first kappa shape index (κ1) is 12.8. The zero-order valence-electron chi connectivity index (χ0n) is 9.27. The summed E-state index contributed by atoms with van der Waals surface area (Å²) in [6.45, 7) is 5.13. The van der Waals surface area contributed by atoms with Crippen LogP contribution in [0.2, 0.25) is 0 Å². The van der Waals surface area contributed by atoms with Crippen LogP contribution < -0.4 is 5.73 Å². The van der Waals surface area contributed by atoms with Gasteiger partial charge in [-0.15, -0.1) is 0 Å². The second kappa shape index (κ2) is 4.29. The monoisotopic (exact) mass is 224 g/mol. The summed E-state index contributed by atoms with van der Waals surface area (Å²) in [5, 5.41) is 0. The lowest BCUT2D eigenvalue weighted by Crippen LogP contribution is -2.46. The van der Waals surface area contributed by atoms with E-state index in [9.17, 15) is 13.2 Å². The van der Waals surface area contributed by atoms with Gasteiger partial charge in [0.2, 0.25) is 0 Å². The van der Waals surface area contributed by atoms with Crippen molar-refractivity contribution in [2.24, 2.45) is 11.1 Å². The molecule has 0 aromatic rings. The SMILES string of the molecule is CC1(C)CCN(C(CCN)C(F)(F)F)C1. The first-order valence-corrected chi connectivity index (χ1v) is 5.27. The summed E-state index contributed by atoms with van der Waals surface area (Å²) in [6, 6.07) is -1.36. The van der Waals surface area contributed by atoms with Gasteiger partial charge in [0.05, 0.1) is 0 Å². The standard InChI is InChI=1S/C10H19F3N2/c1-9(2)4-6-15(7-9)8(3-5-14)10(11,12)13/h8H,3-7,14H2,1-2H3. The van der Waals surface area contributed by atoms with Gasteiger partial charge in [0, 0.05) is 6.54 Å². The molecule has 1 aliphatic rings. The Bertz CT molecular complexity index is 213. The molecule has 1 aliphatic heterocycles. The van der Waals surface area contributed by atoms with Crippen LogP contribution in [-0.2, 0) is 0 Å². The number of nitrogens with two attached hydrogens (primary N) is 1. The zero-order valence-corrected chi connectivity index (χ0v) is 9.27. The summed E-state index contributed by atoms with van der Waals surface area (Å²) in [7, 11) is 0. The first-order chi connectivity index (χ1) is 6.76. The molecule has 1 atom stereocenters. The van der Waals surface area contributed by atoms with Gasteiger partial charge in [0.1, 0.15) is 6.04 Å². The molecule has 0 amide bonds. The molecule has 1 saturated heterocycles. The molecule has 0 aromatic heterocycles. The quantitative estimate of drug-likeness (QED) is 0.794. The molecule has 1 heterocycles. The van der Waals surface area contributed by atoms with Crippen LogP contribution in [0.15, 0.2) is 0 Å². The van der Waals surface area contributed by atoms with Crippen LogP contribution >= 0.6 is 0 Å². The Morgan fingerprint density at radius 1 is 1.40 bits per heavy atom. The van der Waals surface area contributed by atoms with Crippen LogP contribution in [0.3, 0.4) is 0 Å². The largest absolute Gasteiger partial charge is 0.404 e. The van der Waals surface area contributed by atoms with Crippen molar-refractivity contribution in [3.05, 3.63) is 0 Å². The summed E-state index contributed by atoms with van der Waals surface area (Å²) in [5.74, 6) is 0. The van der Waals surface area contributed by atoms with Gasteiger partial charge in [0.15, 0.2) is 0 Å². The molecule has 15 heavy (non-hydrogen) atoms. The van der Waals surface area contributed by atoms with E-state index in [0.29, 0.717) is 13.1 Å². The average molecular weight is 224 g/mol. The molecule has 0 aromatic carbocycles. The summed E-state index contributed by atoms with van der Waals surface area (Å²) >= 11 is 0. The molecule has 0 radical (unpaired) electrons. The molecule has 0 saturated carbocycles. The highest BCUT2D eigenvalue weighted by atomic mass is 19.4. The number of halogens is 3. The minimum absolute atomic E-state index is 0.000417. The maximum Gasteiger partial charge on any atom is 0.404 e. The summed E-state index contributed by atoms with van der Waals surface area (Å²) in [6.07, 6.45) is -3.33. The van der Waals surface area contributed by atoms with Crippen LogP contribution in [0, 0.1) is 5.41 Å². The second-order valence-electron chi connectivity index (χ2n) is 5.02. The van der Waals surface area contributed by atoms with E-state index in [2.05, 4.69) is 0 Å². The molecule has 5 heteroatoms. The Kier molecular flexibility index (Phi) is 3.66. The molecule has 2 N–H and O–H groups in total. The van der Waals surface area contributed by atoms with Gasteiger partial charge in [-0.05, 0) is 31.3 Å². The van der Waals surface area contributed by atoms with Crippen molar-refractivity contribution >= 4 is 0 Å². The normalized spacial score (nSPS) is 24.4. The van der Waals surface area contributed by atoms with Crippen molar-refractivity contribution < 1.29 is 13.2 Å². The molecule has 1 unspecified atom stereocenters. The third kappa shape index (κ3) is 3.34. The predicted octanol–water partition coefficient (Wildman–Crippen LogP) is 2.00. The molecule has 1 rings (SSSR count). The highest BCUT2D eigenvalue weighted by Gasteiger charge is 2.46. The smallest absolute Gasteiger partial charge is 0.330 e. The molecule has 90 valence electrons. The fraction of sp³-hybridized carbons (Fsp3) is 1.00. The van der Waals surface area contributed by atoms with Crippen LogP contribution in [0.25, 0.3) is 0 Å². The van der Waals surface area contributed by atoms with E-state index in [1.807, 2.05) is 13.8 Å². The zero-order chi connectivity index (χ0) is 11.7. The number of hydrogen-bond donors (Lipinski definition) is 1. The van der Waals surface area contributed by atoms with Gasteiger partial charge < -0.3 is 5.73 Å². The van der Waals surface area contributed by atoms with Crippen molar-refractivity contribution in [3.63, 3.8) is 0 Å². The van der Waals surface area contributed by atoms with Gasteiger partial charge in [-0.25, -0.2) is 0 Å². The number of alkyl halides is 3. The van der Waals surface area contributed by atoms with Gasteiger partial charge >= 0.3 is 6.18 Å². The first-order valence-electron chi connectivity index (χ1n) is 5.27. The maximum atomic E-state index is 12.7.